The summed E-state index contributed by atoms with van der Waals surface area (Å²) < 4.78 is 0. The normalized spacial score (nSPS) is 21.2. The third-order valence-corrected chi connectivity index (χ3v) is 3.53. The third-order valence-electron chi connectivity index (χ3n) is 3.53. The molecule has 2 heteroatoms. The van der Waals surface area contributed by atoms with Gasteiger partial charge in [-0.15, -0.1) is 0 Å². The molecule has 0 bridgehead atoms. The van der Waals surface area contributed by atoms with Gasteiger partial charge in [0.05, 0.1) is 12.1 Å². The molecule has 0 aromatic heterocycles. The quantitative estimate of drug-likeness (QED) is 0.672. The molecule has 0 saturated carbocycles. The topological polar surface area (TPSA) is 39.0 Å². The van der Waals surface area contributed by atoms with Crippen molar-refractivity contribution in [3.63, 3.8) is 0 Å². The number of rotatable bonds is 3. The molecule has 0 amide bonds. The van der Waals surface area contributed by atoms with E-state index in [1.54, 1.807) is 0 Å². The number of carbonyl (C=O) groups is 1. The summed E-state index contributed by atoms with van der Waals surface area (Å²) in [5.41, 5.74) is 4.28. The Bertz CT molecular complexity index is 598. The van der Waals surface area contributed by atoms with E-state index in [0.717, 1.165) is 16.7 Å². The van der Waals surface area contributed by atoms with E-state index >= 15 is 0 Å². The van der Waals surface area contributed by atoms with Crippen molar-refractivity contribution in [1.82, 2.24) is 5.32 Å². The van der Waals surface area contributed by atoms with Crippen molar-refractivity contribution in [3.05, 3.63) is 70.8 Å². The zero-order chi connectivity index (χ0) is 13.4. The Kier molecular flexibility index (Phi) is 2.96. The van der Waals surface area contributed by atoms with Crippen LogP contribution in [0.4, 0.5) is 0 Å². The molecule has 2 nitrogen and oxygen atoms in total. The maximum absolute atomic E-state index is 12.4. The number of carbonyl (C=O) groups excluding carboxylic acids is 1. The second kappa shape index (κ2) is 4.63. The van der Waals surface area contributed by atoms with Gasteiger partial charge >= 0.3 is 0 Å². The Morgan fingerprint density at radius 1 is 1.00 bits per heavy atom. The number of ketones is 1. The van der Waals surface area contributed by atoms with Gasteiger partial charge in [-0.1, -0.05) is 47.5 Å². The summed E-state index contributed by atoms with van der Waals surface area (Å²) in [5, 5.41) is 3.27. The van der Waals surface area contributed by atoms with E-state index in [1.807, 2.05) is 44.2 Å². The van der Waals surface area contributed by atoms with E-state index in [1.165, 1.54) is 5.56 Å². The molecule has 96 valence electrons. The maximum Gasteiger partial charge on any atom is 0.181 e. The summed E-state index contributed by atoms with van der Waals surface area (Å²) in [6.07, 6.45) is 0. The fourth-order valence-corrected chi connectivity index (χ4v) is 2.61. The number of benzene rings is 2. The highest BCUT2D eigenvalue weighted by Crippen LogP contribution is 2.32. The molecule has 1 aliphatic heterocycles. The van der Waals surface area contributed by atoms with Gasteiger partial charge in [0.25, 0.3) is 0 Å². The Morgan fingerprint density at radius 3 is 2.26 bits per heavy atom. The van der Waals surface area contributed by atoms with Crippen molar-refractivity contribution in [2.24, 2.45) is 0 Å². The van der Waals surface area contributed by atoms with Crippen molar-refractivity contribution in [3.8, 4) is 0 Å². The second-order valence-electron chi connectivity index (χ2n) is 5.27. The van der Waals surface area contributed by atoms with Gasteiger partial charge in [-0.3, -0.25) is 10.1 Å². The van der Waals surface area contributed by atoms with Crippen molar-refractivity contribution in [1.29, 1.82) is 0 Å². The predicted molar refractivity (Wildman–Crippen MR) is 76.4 cm³/mol. The van der Waals surface area contributed by atoms with Crippen LogP contribution in [-0.2, 0) is 0 Å². The molecule has 0 spiro atoms. The SMILES string of the molecule is Cc1cc(C)cc(C(=O)[C@H]2N[C@@H]2c2ccccc2)c1. The molecule has 1 fully saturated rings. The average molecular weight is 251 g/mol. The maximum atomic E-state index is 12.4. The second-order valence-corrected chi connectivity index (χ2v) is 5.27. The summed E-state index contributed by atoms with van der Waals surface area (Å²) in [5.74, 6) is 0.195. The number of Topliss-reactive ketones (excluding diaryl/α,β-unsaturated/α-hetero) is 1. The summed E-state index contributed by atoms with van der Waals surface area (Å²) >= 11 is 0. The third kappa shape index (κ3) is 2.45. The molecule has 2 aromatic rings. The van der Waals surface area contributed by atoms with Gasteiger partial charge in [-0.2, -0.15) is 0 Å². The first-order valence-corrected chi connectivity index (χ1v) is 6.58. The molecule has 2 atom stereocenters. The molecule has 1 N–H and O–H groups in total. The van der Waals surface area contributed by atoms with Crippen LogP contribution in [0.1, 0.15) is 33.1 Å². The molecule has 3 rings (SSSR count). The molecule has 1 saturated heterocycles. The van der Waals surface area contributed by atoms with E-state index < -0.39 is 0 Å². The Labute approximate surface area is 113 Å². The zero-order valence-corrected chi connectivity index (χ0v) is 11.2. The molecule has 2 aromatic carbocycles. The van der Waals surface area contributed by atoms with Gasteiger partial charge in [-0.05, 0) is 31.5 Å². The Morgan fingerprint density at radius 2 is 1.63 bits per heavy atom. The van der Waals surface area contributed by atoms with Gasteiger partial charge in [0.1, 0.15) is 0 Å². The lowest BCUT2D eigenvalue weighted by Crippen LogP contribution is -2.10. The molecular formula is C17H17NO. The van der Waals surface area contributed by atoms with E-state index in [2.05, 4.69) is 23.5 Å². The molecular weight excluding hydrogens is 234 g/mol. The van der Waals surface area contributed by atoms with Gasteiger partial charge in [0.15, 0.2) is 5.78 Å². The molecule has 1 heterocycles. The predicted octanol–water partition coefficient (Wildman–Crippen LogP) is 3.20. The highest BCUT2D eigenvalue weighted by atomic mass is 16.1. The van der Waals surface area contributed by atoms with E-state index in [0.29, 0.717) is 0 Å². The van der Waals surface area contributed by atoms with Gasteiger partial charge in [0, 0.05) is 5.56 Å². The lowest BCUT2D eigenvalue weighted by Gasteiger charge is -2.03. The van der Waals surface area contributed by atoms with E-state index in [4.69, 9.17) is 0 Å². The number of hydrogen-bond acceptors (Lipinski definition) is 2. The van der Waals surface area contributed by atoms with Crippen molar-refractivity contribution in [2.45, 2.75) is 25.9 Å². The fraction of sp³-hybridized carbons (Fsp3) is 0.235. The van der Waals surface area contributed by atoms with E-state index in [9.17, 15) is 4.79 Å². The summed E-state index contributed by atoms with van der Waals surface area (Å²) in [7, 11) is 0. The number of aryl methyl sites for hydroxylation is 2. The molecule has 0 radical (unpaired) electrons. The van der Waals surface area contributed by atoms with Crippen LogP contribution < -0.4 is 5.32 Å². The van der Waals surface area contributed by atoms with Crippen LogP contribution in [0.15, 0.2) is 48.5 Å². The highest BCUT2D eigenvalue weighted by molar-refractivity contribution is 6.03. The standard InChI is InChI=1S/C17H17NO/c1-11-8-12(2)10-14(9-11)17(19)16-15(18-16)13-6-4-3-5-7-13/h3-10,15-16,18H,1-2H3/t15-,16+/m1/s1. The lowest BCUT2D eigenvalue weighted by atomic mass is 9.99. The van der Waals surface area contributed by atoms with Crippen LogP contribution in [0.2, 0.25) is 0 Å². The molecule has 0 unspecified atom stereocenters. The first-order chi connectivity index (χ1) is 9.15. The number of nitrogens with one attached hydrogen (secondary N) is 1. The molecule has 0 aliphatic carbocycles. The first kappa shape index (κ1) is 12.1. The smallest absolute Gasteiger partial charge is 0.181 e. The van der Waals surface area contributed by atoms with Gasteiger partial charge in [0.2, 0.25) is 0 Å². The summed E-state index contributed by atoms with van der Waals surface area (Å²) in [4.78, 5) is 12.4. The van der Waals surface area contributed by atoms with Crippen molar-refractivity contribution >= 4 is 5.78 Å². The van der Waals surface area contributed by atoms with Gasteiger partial charge < -0.3 is 0 Å². The number of hydrogen-bond donors (Lipinski definition) is 1. The minimum Gasteiger partial charge on any atom is -0.297 e. The van der Waals surface area contributed by atoms with Crippen LogP contribution in [-0.4, -0.2) is 11.8 Å². The Hall–Kier alpha value is -1.93. The minimum atomic E-state index is -0.0661. The summed E-state index contributed by atoms with van der Waals surface area (Å²) in [6, 6.07) is 16.3. The van der Waals surface area contributed by atoms with E-state index in [-0.39, 0.29) is 17.9 Å². The van der Waals surface area contributed by atoms with Crippen LogP contribution in [0.25, 0.3) is 0 Å². The molecule has 19 heavy (non-hydrogen) atoms. The van der Waals surface area contributed by atoms with Crippen LogP contribution >= 0.6 is 0 Å². The highest BCUT2D eigenvalue weighted by Gasteiger charge is 2.43. The average Bonchev–Trinajstić information content (AvgIpc) is 3.18. The van der Waals surface area contributed by atoms with Crippen LogP contribution in [0, 0.1) is 13.8 Å². The monoisotopic (exact) mass is 251 g/mol. The lowest BCUT2D eigenvalue weighted by molar-refractivity contribution is 0.0988. The zero-order valence-electron chi connectivity index (χ0n) is 11.2. The van der Waals surface area contributed by atoms with Gasteiger partial charge in [-0.25, -0.2) is 0 Å². The van der Waals surface area contributed by atoms with Crippen molar-refractivity contribution in [2.75, 3.05) is 0 Å². The largest absolute Gasteiger partial charge is 0.297 e. The fourth-order valence-electron chi connectivity index (χ4n) is 2.61. The van der Waals surface area contributed by atoms with Crippen molar-refractivity contribution < 1.29 is 4.79 Å². The Balaban J connectivity index is 1.80. The summed E-state index contributed by atoms with van der Waals surface area (Å²) in [6.45, 7) is 4.05. The first-order valence-electron chi connectivity index (χ1n) is 6.58. The van der Waals surface area contributed by atoms with Crippen LogP contribution in [0.3, 0.4) is 0 Å². The molecule has 1 aliphatic rings. The van der Waals surface area contributed by atoms with Crippen LogP contribution in [0.5, 0.6) is 0 Å². The minimum absolute atomic E-state index is 0.0661.